The van der Waals surface area contributed by atoms with Crippen molar-refractivity contribution in [1.29, 1.82) is 0 Å². The van der Waals surface area contributed by atoms with Crippen LogP contribution in [0.3, 0.4) is 0 Å². The number of anilines is 1. The summed E-state index contributed by atoms with van der Waals surface area (Å²) in [5.41, 5.74) is 5.81. The standard InChI is InChI=1S/C9H12N2O4S2/c1-15-9(12)5-16-7-2-6(10)3-8(4-7)17(11,13)14/h2-4H,5,10H2,1H3,(H2,11,13,14). The number of carbonyl (C=O) groups excluding carboxylic acids is 1. The molecular weight excluding hydrogens is 264 g/mol. The third kappa shape index (κ3) is 4.25. The van der Waals surface area contributed by atoms with Gasteiger partial charge in [-0.3, -0.25) is 4.79 Å². The normalized spacial score (nSPS) is 11.2. The predicted octanol–water partition coefficient (Wildman–Crippen LogP) is 0.181. The molecule has 0 heterocycles. The Morgan fingerprint density at radius 2 is 2.06 bits per heavy atom. The second-order valence-corrected chi connectivity index (χ2v) is 5.76. The van der Waals surface area contributed by atoms with E-state index in [0.717, 1.165) is 11.8 Å². The van der Waals surface area contributed by atoms with Crippen LogP contribution in [0.1, 0.15) is 0 Å². The van der Waals surface area contributed by atoms with Crippen LogP contribution in [-0.2, 0) is 19.6 Å². The molecule has 0 aromatic heterocycles. The highest BCUT2D eigenvalue weighted by Crippen LogP contribution is 2.24. The first-order valence-corrected chi connectivity index (χ1v) is 6.99. The van der Waals surface area contributed by atoms with Crippen molar-refractivity contribution < 1.29 is 17.9 Å². The molecule has 0 unspecified atom stereocenters. The van der Waals surface area contributed by atoms with Gasteiger partial charge in [0.25, 0.3) is 0 Å². The van der Waals surface area contributed by atoms with Crippen molar-refractivity contribution in [3.63, 3.8) is 0 Å². The van der Waals surface area contributed by atoms with Gasteiger partial charge in [0.1, 0.15) is 0 Å². The maximum Gasteiger partial charge on any atom is 0.315 e. The summed E-state index contributed by atoms with van der Waals surface area (Å²) in [5.74, 6) is -0.334. The zero-order chi connectivity index (χ0) is 13.1. The Hall–Kier alpha value is -1.25. The lowest BCUT2D eigenvalue weighted by atomic mass is 10.3. The Bertz CT molecular complexity index is 528. The first kappa shape index (κ1) is 13.8. The van der Waals surface area contributed by atoms with Crippen LogP contribution >= 0.6 is 11.8 Å². The molecule has 0 fully saturated rings. The molecule has 94 valence electrons. The lowest BCUT2D eigenvalue weighted by Crippen LogP contribution is -2.12. The van der Waals surface area contributed by atoms with E-state index in [2.05, 4.69) is 4.74 Å². The van der Waals surface area contributed by atoms with Gasteiger partial charge in [0.15, 0.2) is 0 Å². The zero-order valence-corrected chi connectivity index (χ0v) is 10.7. The van der Waals surface area contributed by atoms with Crippen molar-refractivity contribution in [2.45, 2.75) is 9.79 Å². The number of hydrogen-bond donors (Lipinski definition) is 2. The molecule has 6 nitrogen and oxygen atoms in total. The van der Waals surface area contributed by atoms with E-state index in [-0.39, 0.29) is 16.3 Å². The number of rotatable bonds is 4. The molecule has 1 aromatic rings. The van der Waals surface area contributed by atoms with Crippen molar-refractivity contribution in [2.24, 2.45) is 5.14 Å². The number of thioether (sulfide) groups is 1. The number of carbonyl (C=O) groups is 1. The molecule has 1 rings (SSSR count). The molecular formula is C9H12N2O4S2. The molecule has 0 aliphatic carbocycles. The van der Waals surface area contributed by atoms with Crippen molar-refractivity contribution in [1.82, 2.24) is 0 Å². The van der Waals surface area contributed by atoms with Gasteiger partial charge in [-0.15, -0.1) is 11.8 Å². The summed E-state index contributed by atoms with van der Waals surface area (Å²) in [6.07, 6.45) is 0. The van der Waals surface area contributed by atoms with Crippen LogP contribution < -0.4 is 10.9 Å². The smallest absolute Gasteiger partial charge is 0.315 e. The summed E-state index contributed by atoms with van der Waals surface area (Å²) in [7, 11) is -2.53. The number of primary sulfonamides is 1. The Morgan fingerprint density at radius 3 is 2.59 bits per heavy atom. The van der Waals surface area contributed by atoms with Gasteiger partial charge in [-0.1, -0.05) is 0 Å². The molecule has 1 aromatic carbocycles. The van der Waals surface area contributed by atoms with Crippen LogP contribution in [0, 0.1) is 0 Å². The van der Waals surface area contributed by atoms with Gasteiger partial charge in [0.05, 0.1) is 17.8 Å². The number of nitrogens with two attached hydrogens (primary N) is 2. The summed E-state index contributed by atoms with van der Waals surface area (Å²) in [5, 5.41) is 4.99. The largest absolute Gasteiger partial charge is 0.468 e. The summed E-state index contributed by atoms with van der Waals surface area (Å²) in [6.45, 7) is 0. The maximum atomic E-state index is 11.2. The van der Waals surface area contributed by atoms with Crippen molar-refractivity contribution in [3.8, 4) is 0 Å². The van der Waals surface area contributed by atoms with Gasteiger partial charge in [-0.2, -0.15) is 0 Å². The minimum Gasteiger partial charge on any atom is -0.468 e. The molecule has 0 atom stereocenters. The highest BCUT2D eigenvalue weighted by atomic mass is 32.2. The molecule has 0 radical (unpaired) electrons. The Kier molecular flexibility index (Phi) is 4.38. The number of methoxy groups -OCH3 is 1. The van der Waals surface area contributed by atoms with E-state index in [9.17, 15) is 13.2 Å². The van der Waals surface area contributed by atoms with Gasteiger partial charge in [-0.05, 0) is 18.2 Å². The Morgan fingerprint density at radius 1 is 1.41 bits per heavy atom. The van der Waals surface area contributed by atoms with Gasteiger partial charge in [0, 0.05) is 10.6 Å². The first-order chi connectivity index (χ1) is 7.82. The molecule has 0 saturated carbocycles. The van der Waals surface area contributed by atoms with E-state index >= 15 is 0 Å². The van der Waals surface area contributed by atoms with Gasteiger partial charge >= 0.3 is 5.97 Å². The fraction of sp³-hybridized carbons (Fsp3) is 0.222. The number of hydrogen-bond acceptors (Lipinski definition) is 6. The maximum absolute atomic E-state index is 11.2. The number of ether oxygens (including phenoxy) is 1. The molecule has 0 aliphatic heterocycles. The molecule has 0 amide bonds. The van der Waals surface area contributed by atoms with E-state index in [1.165, 1.54) is 19.2 Å². The monoisotopic (exact) mass is 276 g/mol. The van der Waals surface area contributed by atoms with E-state index in [1.807, 2.05) is 0 Å². The molecule has 4 N–H and O–H groups in total. The average molecular weight is 276 g/mol. The zero-order valence-electron chi connectivity index (χ0n) is 9.04. The van der Waals surface area contributed by atoms with Crippen molar-refractivity contribution >= 4 is 33.4 Å². The summed E-state index contributed by atoms with van der Waals surface area (Å²) < 4.78 is 26.8. The van der Waals surface area contributed by atoms with E-state index in [4.69, 9.17) is 10.9 Å². The quantitative estimate of drug-likeness (QED) is 0.461. The number of esters is 1. The van der Waals surface area contributed by atoms with Gasteiger partial charge in [0.2, 0.25) is 10.0 Å². The topological polar surface area (TPSA) is 112 Å². The van der Waals surface area contributed by atoms with Crippen LogP contribution in [0.2, 0.25) is 0 Å². The molecule has 0 aliphatic rings. The van der Waals surface area contributed by atoms with Gasteiger partial charge in [-0.25, -0.2) is 13.6 Å². The number of sulfonamides is 1. The lowest BCUT2D eigenvalue weighted by Gasteiger charge is -2.05. The van der Waals surface area contributed by atoms with Crippen LogP contribution in [-0.4, -0.2) is 27.2 Å². The second-order valence-electron chi connectivity index (χ2n) is 3.15. The minimum absolute atomic E-state index is 0.0734. The second kappa shape index (κ2) is 5.39. The number of benzene rings is 1. The average Bonchev–Trinajstić information content (AvgIpc) is 2.24. The Balaban J connectivity index is 2.95. The fourth-order valence-electron chi connectivity index (χ4n) is 1.04. The highest BCUT2D eigenvalue weighted by Gasteiger charge is 2.11. The molecule has 0 bridgehead atoms. The van der Waals surface area contributed by atoms with E-state index < -0.39 is 16.0 Å². The fourth-order valence-corrected chi connectivity index (χ4v) is 2.54. The minimum atomic E-state index is -3.80. The van der Waals surface area contributed by atoms with Crippen LogP contribution in [0.5, 0.6) is 0 Å². The predicted molar refractivity (Wildman–Crippen MR) is 65.0 cm³/mol. The van der Waals surface area contributed by atoms with Crippen LogP contribution in [0.15, 0.2) is 28.0 Å². The SMILES string of the molecule is COC(=O)CSc1cc(N)cc(S(N)(=O)=O)c1. The summed E-state index contributed by atoms with van der Waals surface area (Å²) >= 11 is 1.12. The van der Waals surface area contributed by atoms with Crippen molar-refractivity contribution in [2.75, 3.05) is 18.6 Å². The molecule has 17 heavy (non-hydrogen) atoms. The highest BCUT2D eigenvalue weighted by molar-refractivity contribution is 8.00. The number of nitrogen functional groups attached to an aromatic ring is 1. The van der Waals surface area contributed by atoms with Crippen LogP contribution in [0.25, 0.3) is 0 Å². The first-order valence-electron chi connectivity index (χ1n) is 4.46. The third-order valence-electron chi connectivity index (χ3n) is 1.82. The van der Waals surface area contributed by atoms with E-state index in [0.29, 0.717) is 4.90 Å². The Labute approximate surface area is 103 Å². The lowest BCUT2D eigenvalue weighted by molar-refractivity contribution is -0.137. The molecule has 0 spiro atoms. The third-order valence-corrected chi connectivity index (χ3v) is 3.66. The van der Waals surface area contributed by atoms with Crippen molar-refractivity contribution in [3.05, 3.63) is 18.2 Å². The van der Waals surface area contributed by atoms with Gasteiger partial charge < -0.3 is 10.5 Å². The van der Waals surface area contributed by atoms with E-state index in [1.54, 1.807) is 6.07 Å². The molecule has 0 saturated heterocycles. The summed E-state index contributed by atoms with van der Waals surface area (Å²) in [6, 6.07) is 4.18. The van der Waals surface area contributed by atoms with Crippen LogP contribution in [0.4, 0.5) is 5.69 Å². The molecule has 8 heteroatoms. The summed E-state index contributed by atoms with van der Waals surface area (Å²) in [4.78, 5) is 11.4.